The van der Waals surface area contributed by atoms with Crippen LogP contribution in [0.1, 0.15) is 23.6 Å². The minimum Gasteiger partial charge on any atom is -0.326 e. The summed E-state index contributed by atoms with van der Waals surface area (Å²) < 4.78 is 0. The number of nitrogens with one attached hydrogen (secondary N) is 1. The summed E-state index contributed by atoms with van der Waals surface area (Å²) in [6, 6.07) is 14.1. The fourth-order valence-corrected chi connectivity index (χ4v) is 3.60. The van der Waals surface area contributed by atoms with E-state index in [0.29, 0.717) is 12.8 Å². The smallest absolute Gasteiger partial charge is 0.231 e. The molecule has 0 spiro atoms. The highest BCUT2D eigenvalue weighted by atomic mass is 16.2. The van der Waals surface area contributed by atoms with Gasteiger partial charge in [0.1, 0.15) is 0 Å². The average Bonchev–Trinajstić information content (AvgIpc) is 3.04. The molecule has 2 aromatic carbocycles. The molecule has 0 saturated heterocycles. The molecule has 0 aromatic heterocycles. The second-order valence-electron chi connectivity index (χ2n) is 6.34. The van der Waals surface area contributed by atoms with Gasteiger partial charge in [-0.25, -0.2) is 0 Å². The number of hydrogen-bond acceptors (Lipinski definition) is 2. The fourth-order valence-electron chi connectivity index (χ4n) is 3.60. The fraction of sp³-hybridized carbons (Fsp3) is 0.263. The second-order valence-corrected chi connectivity index (χ2v) is 6.34. The molecule has 2 aromatic rings. The van der Waals surface area contributed by atoms with Crippen LogP contribution in [-0.2, 0) is 28.9 Å². The Kier molecular flexibility index (Phi) is 3.18. The van der Waals surface area contributed by atoms with Crippen molar-refractivity contribution in [2.75, 3.05) is 10.2 Å². The lowest BCUT2D eigenvalue weighted by molar-refractivity contribution is -0.118. The molecule has 1 atom stereocenters. The first-order valence-electron chi connectivity index (χ1n) is 7.93. The molecule has 116 valence electrons. The van der Waals surface area contributed by atoms with E-state index in [9.17, 15) is 9.59 Å². The molecule has 1 unspecified atom stereocenters. The van der Waals surface area contributed by atoms with Crippen LogP contribution in [0.2, 0.25) is 0 Å². The van der Waals surface area contributed by atoms with Gasteiger partial charge >= 0.3 is 0 Å². The van der Waals surface area contributed by atoms with Gasteiger partial charge in [0.25, 0.3) is 0 Å². The summed E-state index contributed by atoms with van der Waals surface area (Å²) in [6.45, 7) is 2.09. The molecule has 2 aliphatic heterocycles. The maximum atomic E-state index is 12.8. The van der Waals surface area contributed by atoms with Gasteiger partial charge in [0.05, 0.1) is 12.8 Å². The van der Waals surface area contributed by atoms with Gasteiger partial charge in [-0.3, -0.25) is 9.59 Å². The molecular weight excluding hydrogens is 288 g/mol. The first-order valence-corrected chi connectivity index (χ1v) is 7.93. The van der Waals surface area contributed by atoms with Crippen molar-refractivity contribution in [1.82, 2.24) is 0 Å². The number of para-hydroxylation sites is 1. The zero-order valence-electron chi connectivity index (χ0n) is 13.0. The quantitative estimate of drug-likeness (QED) is 0.927. The molecule has 0 fully saturated rings. The van der Waals surface area contributed by atoms with Crippen molar-refractivity contribution in [2.24, 2.45) is 0 Å². The molecule has 4 heteroatoms. The lowest BCUT2D eigenvalue weighted by Crippen LogP contribution is -2.36. The van der Waals surface area contributed by atoms with Gasteiger partial charge in [-0.05, 0) is 42.2 Å². The Morgan fingerprint density at radius 3 is 2.91 bits per heavy atom. The van der Waals surface area contributed by atoms with Crippen molar-refractivity contribution in [1.29, 1.82) is 0 Å². The van der Waals surface area contributed by atoms with Gasteiger partial charge in [-0.2, -0.15) is 0 Å². The van der Waals surface area contributed by atoms with E-state index >= 15 is 0 Å². The van der Waals surface area contributed by atoms with Crippen LogP contribution in [0.25, 0.3) is 0 Å². The molecule has 2 heterocycles. The molecule has 2 amide bonds. The van der Waals surface area contributed by atoms with Gasteiger partial charge in [0, 0.05) is 17.4 Å². The third kappa shape index (κ3) is 2.40. The number of nitrogens with zero attached hydrogens (tertiary/aromatic N) is 1. The van der Waals surface area contributed by atoms with E-state index in [0.717, 1.165) is 28.9 Å². The summed E-state index contributed by atoms with van der Waals surface area (Å²) in [5.41, 5.74) is 5.07. The molecular formula is C19H18N2O2. The van der Waals surface area contributed by atoms with E-state index in [-0.39, 0.29) is 17.9 Å². The van der Waals surface area contributed by atoms with E-state index in [1.807, 2.05) is 41.3 Å². The number of fused-ring (bicyclic) bond motifs is 2. The van der Waals surface area contributed by atoms with E-state index in [1.54, 1.807) is 0 Å². The van der Waals surface area contributed by atoms with E-state index in [4.69, 9.17) is 0 Å². The minimum absolute atomic E-state index is 0.0190. The summed E-state index contributed by atoms with van der Waals surface area (Å²) in [6.07, 6.45) is 1.67. The molecule has 2 aliphatic rings. The molecule has 4 nitrogen and oxygen atoms in total. The monoisotopic (exact) mass is 306 g/mol. The van der Waals surface area contributed by atoms with Crippen molar-refractivity contribution >= 4 is 23.2 Å². The summed E-state index contributed by atoms with van der Waals surface area (Å²) in [7, 11) is 0. The molecule has 0 aliphatic carbocycles. The lowest BCUT2D eigenvalue weighted by Gasteiger charge is -2.23. The van der Waals surface area contributed by atoms with Crippen LogP contribution < -0.4 is 10.2 Å². The Balaban J connectivity index is 1.57. The molecule has 0 saturated carbocycles. The number of rotatable bonds is 2. The van der Waals surface area contributed by atoms with Crippen molar-refractivity contribution in [3.63, 3.8) is 0 Å². The van der Waals surface area contributed by atoms with Crippen molar-refractivity contribution < 1.29 is 9.59 Å². The maximum absolute atomic E-state index is 12.8. The Labute approximate surface area is 135 Å². The van der Waals surface area contributed by atoms with Crippen LogP contribution in [0, 0.1) is 0 Å². The molecule has 1 N–H and O–H groups in total. The summed E-state index contributed by atoms with van der Waals surface area (Å²) in [4.78, 5) is 26.1. The SMILES string of the molecule is CC1Cc2ccccc2N1C(=O)Cc1ccc2c(c1)CC(=O)N2. The maximum Gasteiger partial charge on any atom is 0.231 e. The van der Waals surface area contributed by atoms with Gasteiger partial charge in [-0.1, -0.05) is 30.3 Å². The summed E-state index contributed by atoms with van der Waals surface area (Å²) >= 11 is 0. The van der Waals surface area contributed by atoms with Crippen LogP contribution in [0.5, 0.6) is 0 Å². The third-order valence-corrected chi connectivity index (χ3v) is 4.63. The van der Waals surface area contributed by atoms with E-state index in [2.05, 4.69) is 18.3 Å². The predicted octanol–water partition coefficient (Wildman–Crippen LogP) is 2.70. The number of carbonyl (C=O) groups is 2. The van der Waals surface area contributed by atoms with Crippen molar-refractivity contribution in [2.45, 2.75) is 32.2 Å². The first kappa shape index (κ1) is 14.0. The van der Waals surface area contributed by atoms with E-state index < -0.39 is 0 Å². The van der Waals surface area contributed by atoms with Gasteiger partial charge in [0.2, 0.25) is 11.8 Å². The first-order chi connectivity index (χ1) is 11.1. The molecule has 0 bridgehead atoms. The minimum atomic E-state index is 0.0190. The highest BCUT2D eigenvalue weighted by Gasteiger charge is 2.30. The van der Waals surface area contributed by atoms with Gasteiger partial charge < -0.3 is 10.2 Å². The Hall–Kier alpha value is -2.62. The van der Waals surface area contributed by atoms with Crippen molar-refractivity contribution in [3.05, 3.63) is 59.2 Å². The highest BCUT2D eigenvalue weighted by Crippen LogP contribution is 2.32. The second kappa shape index (κ2) is 5.23. The number of anilines is 2. The number of hydrogen-bond donors (Lipinski definition) is 1. The Bertz CT molecular complexity index is 813. The zero-order chi connectivity index (χ0) is 16.0. The molecule has 23 heavy (non-hydrogen) atoms. The topological polar surface area (TPSA) is 49.4 Å². The van der Waals surface area contributed by atoms with Crippen molar-refractivity contribution in [3.8, 4) is 0 Å². The van der Waals surface area contributed by atoms with Crippen LogP contribution in [0.15, 0.2) is 42.5 Å². The third-order valence-electron chi connectivity index (χ3n) is 4.63. The highest BCUT2D eigenvalue weighted by molar-refractivity contribution is 6.00. The normalized spacial score (nSPS) is 18.6. The number of benzene rings is 2. The zero-order valence-corrected chi connectivity index (χ0v) is 13.0. The number of amides is 2. The molecule has 0 radical (unpaired) electrons. The van der Waals surface area contributed by atoms with E-state index in [1.165, 1.54) is 5.56 Å². The molecule has 4 rings (SSSR count). The van der Waals surface area contributed by atoms with Gasteiger partial charge in [0.15, 0.2) is 0 Å². The van der Waals surface area contributed by atoms with Crippen LogP contribution in [0.4, 0.5) is 11.4 Å². The lowest BCUT2D eigenvalue weighted by atomic mass is 10.1. The Morgan fingerprint density at radius 2 is 2.04 bits per heavy atom. The number of carbonyl (C=O) groups excluding carboxylic acids is 2. The van der Waals surface area contributed by atoms with Gasteiger partial charge in [-0.15, -0.1) is 0 Å². The summed E-state index contributed by atoms with van der Waals surface area (Å²) in [5.74, 6) is 0.130. The standard InChI is InChI=1S/C19H18N2O2/c1-12-8-14-4-2-3-5-17(14)21(12)19(23)10-13-6-7-16-15(9-13)11-18(22)20-16/h2-7,9,12H,8,10-11H2,1H3,(H,20,22). The predicted molar refractivity (Wildman–Crippen MR) is 89.6 cm³/mol. The largest absolute Gasteiger partial charge is 0.326 e. The van der Waals surface area contributed by atoms with Crippen LogP contribution in [0.3, 0.4) is 0 Å². The average molecular weight is 306 g/mol. The summed E-state index contributed by atoms with van der Waals surface area (Å²) in [5, 5.41) is 2.82. The Morgan fingerprint density at radius 1 is 1.22 bits per heavy atom. The van der Waals surface area contributed by atoms with Crippen LogP contribution in [-0.4, -0.2) is 17.9 Å². The van der Waals surface area contributed by atoms with Crippen LogP contribution >= 0.6 is 0 Å².